The molecule has 17 heavy (non-hydrogen) atoms. The molecule has 0 aromatic carbocycles. The fourth-order valence-electron chi connectivity index (χ4n) is 3.60. The minimum Gasteiger partial charge on any atom is -0.351 e. The zero-order valence-corrected chi connectivity index (χ0v) is 10.1. The highest BCUT2D eigenvalue weighted by molar-refractivity contribution is 5.25. The monoisotopic (exact) mass is 235 g/mol. The van der Waals surface area contributed by atoms with Crippen molar-refractivity contribution in [3.8, 4) is 0 Å². The van der Waals surface area contributed by atoms with Crippen molar-refractivity contribution in [2.45, 2.75) is 38.6 Å². The van der Waals surface area contributed by atoms with Gasteiger partial charge in [0.05, 0.1) is 12.4 Å². The number of hydrogen-bond donors (Lipinski definition) is 1. The van der Waals surface area contributed by atoms with Gasteiger partial charge in [0.25, 0.3) is 0 Å². The highest BCUT2D eigenvalue weighted by Gasteiger charge is 2.41. The number of nitrogens with zero attached hydrogens (tertiary/aromatic N) is 2. The fraction of sp³-hybridized carbons (Fsp3) is 0.692. The van der Waals surface area contributed by atoms with Crippen LogP contribution in [0, 0.1) is 23.6 Å². The fourth-order valence-corrected chi connectivity index (χ4v) is 3.60. The number of hydrogen-bond acceptors (Lipinski definition) is 3. The Bertz CT molecular complexity index is 392. The zero-order valence-electron chi connectivity index (χ0n) is 10.1. The summed E-state index contributed by atoms with van der Waals surface area (Å²) in [4.78, 5) is 7.91. The van der Waals surface area contributed by atoms with Gasteiger partial charge in [-0.05, 0) is 43.9 Å². The van der Waals surface area contributed by atoms with Crippen LogP contribution < -0.4 is 5.32 Å². The Balaban J connectivity index is 1.63. The van der Waals surface area contributed by atoms with E-state index in [9.17, 15) is 4.39 Å². The number of rotatable bonds is 3. The van der Waals surface area contributed by atoms with E-state index in [1.54, 1.807) is 0 Å². The quantitative estimate of drug-likeness (QED) is 0.875. The Morgan fingerprint density at radius 2 is 2.06 bits per heavy atom. The predicted octanol–water partition coefficient (Wildman–Crippen LogP) is 2.85. The Hall–Kier alpha value is -1.19. The zero-order chi connectivity index (χ0) is 11.8. The number of nitrogens with one attached hydrogen (secondary N) is 1. The standard InChI is InChI=1S/C13H18FN3/c1-8(12-5-9-2-3-10(12)4-9)17-13-15-6-11(14)7-16-13/h6-10,12H,2-5H2,1H3,(H,15,16,17). The van der Waals surface area contributed by atoms with Crippen molar-refractivity contribution in [1.29, 1.82) is 0 Å². The summed E-state index contributed by atoms with van der Waals surface area (Å²) in [6, 6.07) is 0.385. The molecule has 2 bridgehead atoms. The summed E-state index contributed by atoms with van der Waals surface area (Å²) >= 11 is 0. The van der Waals surface area contributed by atoms with Crippen molar-refractivity contribution in [3.05, 3.63) is 18.2 Å². The maximum absolute atomic E-state index is 12.7. The van der Waals surface area contributed by atoms with E-state index in [-0.39, 0.29) is 5.82 Å². The third-order valence-corrected chi connectivity index (χ3v) is 4.41. The second-order valence-electron chi connectivity index (χ2n) is 5.50. The van der Waals surface area contributed by atoms with Crippen LogP contribution in [0.1, 0.15) is 32.6 Å². The molecule has 4 unspecified atom stereocenters. The van der Waals surface area contributed by atoms with Gasteiger partial charge < -0.3 is 5.32 Å². The number of anilines is 1. The van der Waals surface area contributed by atoms with Gasteiger partial charge in [-0.15, -0.1) is 0 Å². The Labute approximate surface area is 101 Å². The molecule has 3 rings (SSSR count). The number of halogens is 1. The SMILES string of the molecule is CC(Nc1ncc(F)cn1)C1CC2CCC1C2. The molecule has 92 valence electrons. The van der Waals surface area contributed by atoms with Gasteiger partial charge >= 0.3 is 0 Å². The molecule has 1 N–H and O–H groups in total. The summed E-state index contributed by atoms with van der Waals surface area (Å²) in [5.41, 5.74) is 0. The third kappa shape index (κ3) is 2.13. The highest BCUT2D eigenvalue weighted by Crippen LogP contribution is 2.49. The molecule has 0 amide bonds. The minimum absolute atomic E-state index is 0.385. The van der Waals surface area contributed by atoms with Crippen LogP contribution in [0.25, 0.3) is 0 Å². The summed E-state index contributed by atoms with van der Waals surface area (Å²) in [5, 5.41) is 3.31. The topological polar surface area (TPSA) is 37.8 Å². The predicted molar refractivity (Wildman–Crippen MR) is 64.0 cm³/mol. The molecule has 1 aromatic heterocycles. The van der Waals surface area contributed by atoms with Crippen LogP contribution in [-0.2, 0) is 0 Å². The summed E-state index contributed by atoms with van der Waals surface area (Å²) in [6.45, 7) is 2.19. The van der Waals surface area contributed by atoms with Crippen molar-refractivity contribution in [1.82, 2.24) is 9.97 Å². The molecule has 2 fully saturated rings. The Morgan fingerprint density at radius 3 is 2.65 bits per heavy atom. The molecule has 0 spiro atoms. The van der Waals surface area contributed by atoms with E-state index in [1.165, 1.54) is 38.1 Å². The number of aromatic nitrogens is 2. The van der Waals surface area contributed by atoms with Crippen molar-refractivity contribution in [2.24, 2.45) is 17.8 Å². The van der Waals surface area contributed by atoms with Gasteiger partial charge in [0.1, 0.15) is 0 Å². The Morgan fingerprint density at radius 1 is 1.29 bits per heavy atom. The lowest BCUT2D eigenvalue weighted by Crippen LogP contribution is -2.30. The average Bonchev–Trinajstić information content (AvgIpc) is 2.94. The largest absolute Gasteiger partial charge is 0.351 e. The molecule has 0 radical (unpaired) electrons. The first-order valence-corrected chi connectivity index (χ1v) is 6.46. The summed E-state index contributed by atoms with van der Waals surface area (Å²) in [5.74, 6) is 2.72. The second kappa shape index (κ2) is 4.24. The van der Waals surface area contributed by atoms with E-state index in [4.69, 9.17) is 0 Å². The minimum atomic E-state index is -0.386. The van der Waals surface area contributed by atoms with Gasteiger partial charge in [-0.2, -0.15) is 0 Å². The summed E-state index contributed by atoms with van der Waals surface area (Å²) in [6.07, 6.45) is 7.96. The molecular weight excluding hydrogens is 217 g/mol. The first-order valence-electron chi connectivity index (χ1n) is 6.46. The molecule has 3 nitrogen and oxygen atoms in total. The van der Waals surface area contributed by atoms with Gasteiger partial charge in [0, 0.05) is 6.04 Å². The summed E-state index contributed by atoms with van der Waals surface area (Å²) < 4.78 is 12.7. The molecular formula is C13H18FN3. The van der Waals surface area contributed by atoms with E-state index in [0.29, 0.717) is 12.0 Å². The van der Waals surface area contributed by atoms with Crippen molar-refractivity contribution < 1.29 is 4.39 Å². The highest BCUT2D eigenvalue weighted by atomic mass is 19.1. The molecule has 4 heteroatoms. The van der Waals surface area contributed by atoms with Gasteiger partial charge in [0.2, 0.25) is 5.95 Å². The maximum Gasteiger partial charge on any atom is 0.222 e. The molecule has 2 saturated carbocycles. The molecule has 4 atom stereocenters. The second-order valence-corrected chi connectivity index (χ2v) is 5.50. The maximum atomic E-state index is 12.7. The van der Waals surface area contributed by atoms with Gasteiger partial charge in [-0.1, -0.05) is 6.42 Å². The van der Waals surface area contributed by atoms with Crippen LogP contribution in [-0.4, -0.2) is 16.0 Å². The van der Waals surface area contributed by atoms with E-state index in [1.807, 2.05) is 0 Å². The van der Waals surface area contributed by atoms with E-state index in [2.05, 4.69) is 22.2 Å². The molecule has 0 saturated heterocycles. The van der Waals surface area contributed by atoms with Gasteiger partial charge in [-0.25, -0.2) is 14.4 Å². The van der Waals surface area contributed by atoms with Crippen molar-refractivity contribution in [2.75, 3.05) is 5.32 Å². The van der Waals surface area contributed by atoms with Crippen molar-refractivity contribution in [3.63, 3.8) is 0 Å². The lowest BCUT2D eigenvalue weighted by Gasteiger charge is -2.28. The van der Waals surface area contributed by atoms with E-state index >= 15 is 0 Å². The van der Waals surface area contributed by atoms with E-state index < -0.39 is 0 Å². The number of fused-ring (bicyclic) bond motifs is 2. The van der Waals surface area contributed by atoms with E-state index in [0.717, 1.165) is 17.8 Å². The van der Waals surface area contributed by atoms with Crippen LogP contribution in [0.3, 0.4) is 0 Å². The molecule has 1 aromatic rings. The normalized spacial score (nSPS) is 32.7. The third-order valence-electron chi connectivity index (χ3n) is 4.41. The van der Waals surface area contributed by atoms with Crippen molar-refractivity contribution >= 4 is 5.95 Å². The van der Waals surface area contributed by atoms with Crippen LogP contribution in [0.4, 0.5) is 10.3 Å². The molecule has 2 aliphatic carbocycles. The molecule has 0 aliphatic heterocycles. The molecule has 1 heterocycles. The van der Waals surface area contributed by atoms with Crippen LogP contribution in [0.5, 0.6) is 0 Å². The first kappa shape index (κ1) is 10.9. The smallest absolute Gasteiger partial charge is 0.222 e. The van der Waals surface area contributed by atoms with Crippen LogP contribution >= 0.6 is 0 Å². The van der Waals surface area contributed by atoms with Gasteiger partial charge in [0.15, 0.2) is 5.82 Å². The summed E-state index contributed by atoms with van der Waals surface area (Å²) in [7, 11) is 0. The Kier molecular flexibility index (Phi) is 2.73. The van der Waals surface area contributed by atoms with Crippen LogP contribution in [0.2, 0.25) is 0 Å². The average molecular weight is 235 g/mol. The first-order chi connectivity index (χ1) is 8.22. The van der Waals surface area contributed by atoms with Crippen LogP contribution in [0.15, 0.2) is 12.4 Å². The molecule has 2 aliphatic rings. The van der Waals surface area contributed by atoms with Gasteiger partial charge in [-0.3, -0.25) is 0 Å². The lowest BCUT2D eigenvalue weighted by atomic mass is 9.84. The lowest BCUT2D eigenvalue weighted by molar-refractivity contribution is 0.303.